The highest BCUT2D eigenvalue weighted by molar-refractivity contribution is 9.10. The summed E-state index contributed by atoms with van der Waals surface area (Å²) in [6, 6.07) is 6.49. The Bertz CT molecular complexity index is 515. The molecule has 1 atom stereocenters. The van der Waals surface area contributed by atoms with Gasteiger partial charge in [-0.1, -0.05) is 28.1 Å². The van der Waals surface area contributed by atoms with Crippen molar-refractivity contribution in [2.75, 3.05) is 11.5 Å². The van der Waals surface area contributed by atoms with Gasteiger partial charge in [0, 0.05) is 10.2 Å². The quantitative estimate of drug-likeness (QED) is 0.621. The van der Waals surface area contributed by atoms with Gasteiger partial charge in [0.1, 0.15) is 0 Å². The normalized spacial score (nSPS) is 24.6. The van der Waals surface area contributed by atoms with E-state index in [1.807, 2.05) is 11.8 Å². The molecule has 1 aromatic rings. The maximum absolute atomic E-state index is 10.5. The monoisotopic (exact) mass is 323 g/mol. The predicted molar refractivity (Wildman–Crippen MR) is 77.9 cm³/mol. The second kappa shape index (κ2) is 4.84. The molecule has 2 aliphatic rings. The molecular weight excluding hydrogens is 310 g/mol. The van der Waals surface area contributed by atoms with Crippen LogP contribution in [0.5, 0.6) is 0 Å². The molecule has 1 aliphatic carbocycles. The number of nitrogens with zero attached hydrogens (tertiary/aromatic N) is 1. The van der Waals surface area contributed by atoms with Crippen molar-refractivity contribution in [1.82, 2.24) is 0 Å². The van der Waals surface area contributed by atoms with Crippen LogP contribution >= 0.6 is 27.7 Å². The molecule has 0 amide bonds. The maximum atomic E-state index is 10.5. The first-order chi connectivity index (χ1) is 8.75. The minimum absolute atomic E-state index is 0.257. The topological polar surface area (TPSA) is 29.4 Å². The van der Waals surface area contributed by atoms with Crippen LogP contribution in [0.2, 0.25) is 0 Å². The van der Waals surface area contributed by atoms with E-state index < -0.39 is 0 Å². The van der Waals surface area contributed by atoms with Gasteiger partial charge in [0.05, 0.1) is 5.54 Å². The molecule has 1 aliphatic heterocycles. The van der Waals surface area contributed by atoms with E-state index in [1.165, 1.54) is 28.0 Å². The van der Waals surface area contributed by atoms with E-state index in [9.17, 15) is 4.79 Å². The van der Waals surface area contributed by atoms with Crippen molar-refractivity contribution in [3.63, 3.8) is 0 Å². The number of aliphatic imine (C=N–C) groups is 1. The molecular formula is C14H14BrNOS. The third-order valence-electron chi connectivity index (χ3n) is 3.89. The summed E-state index contributed by atoms with van der Waals surface area (Å²) in [5.41, 5.74) is 2.29. The number of benzene rings is 1. The SMILES string of the molecule is O=C=NC1(c2ccc(C3CCSC3)c(Br)c2)CC1. The molecule has 0 bridgehead atoms. The van der Waals surface area contributed by atoms with Gasteiger partial charge in [0.25, 0.3) is 0 Å². The lowest BCUT2D eigenvalue weighted by molar-refractivity contribution is 0.556. The Kier molecular flexibility index (Phi) is 3.35. The summed E-state index contributed by atoms with van der Waals surface area (Å²) in [5.74, 6) is 3.15. The zero-order valence-corrected chi connectivity index (χ0v) is 12.4. The van der Waals surface area contributed by atoms with Crippen LogP contribution in [-0.2, 0) is 10.3 Å². The molecule has 1 aromatic carbocycles. The van der Waals surface area contributed by atoms with Gasteiger partial charge in [0.2, 0.25) is 6.08 Å². The van der Waals surface area contributed by atoms with Gasteiger partial charge in [0.15, 0.2) is 0 Å². The fourth-order valence-corrected chi connectivity index (χ4v) is 4.55. The summed E-state index contributed by atoms with van der Waals surface area (Å²) in [5, 5.41) is 0. The number of rotatable bonds is 3. The average Bonchev–Trinajstić information content (AvgIpc) is 2.95. The molecule has 0 spiro atoms. The molecule has 2 fully saturated rings. The van der Waals surface area contributed by atoms with E-state index >= 15 is 0 Å². The summed E-state index contributed by atoms with van der Waals surface area (Å²) in [4.78, 5) is 14.5. The first-order valence-corrected chi connectivity index (χ1v) is 8.17. The van der Waals surface area contributed by atoms with Gasteiger partial charge in [-0.2, -0.15) is 16.8 Å². The fourth-order valence-electron chi connectivity index (χ4n) is 2.60. The van der Waals surface area contributed by atoms with E-state index in [1.54, 1.807) is 6.08 Å². The molecule has 3 rings (SSSR count). The second-order valence-electron chi connectivity index (χ2n) is 5.03. The lowest BCUT2D eigenvalue weighted by Crippen LogP contribution is -2.04. The van der Waals surface area contributed by atoms with Crippen LogP contribution in [0.1, 0.15) is 36.3 Å². The Labute approximate surface area is 119 Å². The van der Waals surface area contributed by atoms with Crippen molar-refractivity contribution < 1.29 is 4.79 Å². The van der Waals surface area contributed by atoms with Gasteiger partial charge in [-0.3, -0.25) is 0 Å². The van der Waals surface area contributed by atoms with E-state index in [0.717, 1.165) is 18.4 Å². The summed E-state index contributed by atoms with van der Waals surface area (Å²) in [6.07, 6.45) is 4.91. The maximum Gasteiger partial charge on any atom is 0.235 e. The highest BCUT2D eigenvalue weighted by atomic mass is 79.9. The molecule has 0 N–H and O–H groups in total. The van der Waals surface area contributed by atoms with Crippen LogP contribution in [-0.4, -0.2) is 17.6 Å². The van der Waals surface area contributed by atoms with Crippen LogP contribution in [0.15, 0.2) is 27.7 Å². The summed E-state index contributed by atoms with van der Waals surface area (Å²) >= 11 is 5.70. The Hall–Kier alpha value is -0.570. The Balaban J connectivity index is 1.91. The van der Waals surface area contributed by atoms with Gasteiger partial charge >= 0.3 is 0 Å². The van der Waals surface area contributed by atoms with Crippen LogP contribution in [0.3, 0.4) is 0 Å². The van der Waals surface area contributed by atoms with Crippen LogP contribution in [0, 0.1) is 0 Å². The number of thioether (sulfide) groups is 1. The van der Waals surface area contributed by atoms with Gasteiger partial charge < -0.3 is 0 Å². The van der Waals surface area contributed by atoms with Crippen molar-refractivity contribution >= 4 is 33.8 Å². The second-order valence-corrected chi connectivity index (χ2v) is 7.04. The van der Waals surface area contributed by atoms with E-state index in [4.69, 9.17) is 0 Å². The molecule has 1 heterocycles. The Morgan fingerprint density at radius 2 is 2.28 bits per heavy atom. The van der Waals surface area contributed by atoms with Crippen LogP contribution in [0.25, 0.3) is 0 Å². The summed E-state index contributed by atoms with van der Waals surface area (Å²) in [7, 11) is 0. The van der Waals surface area contributed by atoms with E-state index in [0.29, 0.717) is 5.92 Å². The van der Waals surface area contributed by atoms with Gasteiger partial charge in [-0.25, -0.2) is 4.79 Å². The number of isocyanates is 1. The Morgan fingerprint density at radius 3 is 2.83 bits per heavy atom. The number of carbonyl (C=O) groups excluding carboxylic acids is 1. The lowest BCUT2D eigenvalue weighted by Gasteiger charge is -2.15. The van der Waals surface area contributed by atoms with E-state index in [-0.39, 0.29) is 5.54 Å². The van der Waals surface area contributed by atoms with Crippen LogP contribution < -0.4 is 0 Å². The summed E-state index contributed by atoms with van der Waals surface area (Å²) < 4.78 is 1.17. The van der Waals surface area contributed by atoms with Gasteiger partial charge in [-0.15, -0.1) is 0 Å². The zero-order chi connectivity index (χ0) is 12.6. The minimum Gasteiger partial charge on any atom is -0.211 e. The highest BCUT2D eigenvalue weighted by Crippen LogP contribution is 2.50. The van der Waals surface area contributed by atoms with E-state index in [2.05, 4.69) is 39.1 Å². The molecule has 0 radical (unpaired) electrons. The number of hydrogen-bond donors (Lipinski definition) is 0. The largest absolute Gasteiger partial charge is 0.235 e. The molecule has 1 saturated heterocycles. The smallest absolute Gasteiger partial charge is 0.211 e. The minimum atomic E-state index is -0.257. The molecule has 18 heavy (non-hydrogen) atoms. The van der Waals surface area contributed by atoms with Crippen LogP contribution in [0.4, 0.5) is 0 Å². The average molecular weight is 324 g/mol. The molecule has 0 aromatic heterocycles. The van der Waals surface area contributed by atoms with Crippen molar-refractivity contribution in [2.24, 2.45) is 4.99 Å². The molecule has 2 nitrogen and oxygen atoms in total. The predicted octanol–water partition coefficient (Wildman–Crippen LogP) is 3.99. The first kappa shape index (κ1) is 12.5. The lowest BCUT2D eigenvalue weighted by atomic mass is 9.95. The van der Waals surface area contributed by atoms with Crippen molar-refractivity contribution in [3.05, 3.63) is 33.8 Å². The molecule has 1 unspecified atom stereocenters. The Morgan fingerprint density at radius 1 is 1.44 bits per heavy atom. The number of halogens is 1. The number of hydrogen-bond acceptors (Lipinski definition) is 3. The third-order valence-corrected chi connectivity index (χ3v) is 5.74. The molecule has 94 valence electrons. The third kappa shape index (κ3) is 2.18. The summed E-state index contributed by atoms with van der Waals surface area (Å²) in [6.45, 7) is 0. The zero-order valence-electron chi connectivity index (χ0n) is 9.99. The standard InChI is InChI=1S/C14H14BrNOS/c15-13-7-11(14(4-5-14)16-9-17)1-2-12(13)10-3-6-18-8-10/h1-2,7,10H,3-6,8H2. The first-order valence-electron chi connectivity index (χ1n) is 6.22. The van der Waals surface area contributed by atoms with Crippen molar-refractivity contribution in [3.8, 4) is 0 Å². The fraction of sp³-hybridized carbons (Fsp3) is 0.500. The van der Waals surface area contributed by atoms with Crippen molar-refractivity contribution in [2.45, 2.75) is 30.7 Å². The van der Waals surface area contributed by atoms with Gasteiger partial charge in [-0.05, 0) is 48.1 Å². The molecule has 4 heteroatoms. The molecule has 1 saturated carbocycles. The highest BCUT2D eigenvalue weighted by Gasteiger charge is 2.45. The van der Waals surface area contributed by atoms with Crippen molar-refractivity contribution in [1.29, 1.82) is 0 Å².